The maximum atomic E-state index is 6.36. The average molecular weight is 285 g/mol. The predicted octanol–water partition coefficient (Wildman–Crippen LogP) is 1.22. The van der Waals surface area contributed by atoms with Gasteiger partial charge in [0.1, 0.15) is 0 Å². The third-order valence-corrected chi connectivity index (χ3v) is 4.12. The largest absolute Gasteiger partial charge is 0.370 e. The van der Waals surface area contributed by atoms with Gasteiger partial charge in [-0.3, -0.25) is 10.6 Å². The van der Waals surface area contributed by atoms with Gasteiger partial charge in [0.2, 0.25) is 0 Å². The van der Waals surface area contributed by atoms with Crippen LogP contribution in [-0.2, 0) is 12.2 Å². The Labute approximate surface area is 125 Å². The Hall–Kier alpha value is -1.85. The van der Waals surface area contributed by atoms with Crippen LogP contribution in [-0.4, -0.2) is 23.9 Å². The SMILES string of the molecule is NC1=NC(N)(c2cccc(CN3CCCCC3)c2)C=CN1. The molecule has 0 bridgehead atoms. The molecule has 5 N–H and O–H groups in total. The third kappa shape index (κ3) is 3.25. The van der Waals surface area contributed by atoms with Crippen molar-refractivity contribution in [2.24, 2.45) is 16.5 Å². The van der Waals surface area contributed by atoms with Crippen molar-refractivity contribution >= 4 is 5.96 Å². The van der Waals surface area contributed by atoms with E-state index in [2.05, 4.69) is 27.3 Å². The zero-order valence-corrected chi connectivity index (χ0v) is 12.3. The molecule has 2 aliphatic rings. The van der Waals surface area contributed by atoms with E-state index in [-0.39, 0.29) is 0 Å². The van der Waals surface area contributed by atoms with Gasteiger partial charge >= 0.3 is 0 Å². The molecule has 1 aromatic rings. The summed E-state index contributed by atoms with van der Waals surface area (Å²) in [7, 11) is 0. The van der Waals surface area contributed by atoms with Crippen molar-refractivity contribution in [2.75, 3.05) is 13.1 Å². The molecule has 21 heavy (non-hydrogen) atoms. The molecular formula is C16H23N5. The van der Waals surface area contributed by atoms with Crippen LogP contribution >= 0.6 is 0 Å². The van der Waals surface area contributed by atoms with E-state index < -0.39 is 5.66 Å². The fraction of sp³-hybridized carbons (Fsp3) is 0.438. The van der Waals surface area contributed by atoms with Crippen molar-refractivity contribution in [3.05, 3.63) is 47.7 Å². The van der Waals surface area contributed by atoms with Gasteiger partial charge < -0.3 is 11.1 Å². The molecule has 112 valence electrons. The summed E-state index contributed by atoms with van der Waals surface area (Å²) in [5.41, 5.74) is 13.5. The van der Waals surface area contributed by atoms with Gasteiger partial charge in [-0.1, -0.05) is 30.7 Å². The van der Waals surface area contributed by atoms with E-state index in [1.165, 1.54) is 37.9 Å². The van der Waals surface area contributed by atoms with Gasteiger partial charge in [-0.05, 0) is 43.1 Å². The van der Waals surface area contributed by atoms with E-state index in [4.69, 9.17) is 11.5 Å². The van der Waals surface area contributed by atoms with Crippen molar-refractivity contribution < 1.29 is 0 Å². The molecule has 0 aromatic heterocycles. The van der Waals surface area contributed by atoms with Crippen molar-refractivity contribution in [1.82, 2.24) is 10.2 Å². The van der Waals surface area contributed by atoms with Crippen LogP contribution in [0, 0.1) is 0 Å². The third-order valence-electron chi connectivity index (χ3n) is 4.12. The molecule has 0 aliphatic carbocycles. The zero-order chi connectivity index (χ0) is 14.7. The number of nitrogens with one attached hydrogen (secondary N) is 1. The first-order valence-corrected chi connectivity index (χ1v) is 7.56. The van der Waals surface area contributed by atoms with Crippen molar-refractivity contribution in [2.45, 2.75) is 31.5 Å². The molecule has 1 fully saturated rings. The van der Waals surface area contributed by atoms with Gasteiger partial charge in [0.15, 0.2) is 11.6 Å². The predicted molar refractivity (Wildman–Crippen MR) is 85.3 cm³/mol. The highest BCUT2D eigenvalue weighted by molar-refractivity contribution is 5.80. The topological polar surface area (TPSA) is 79.7 Å². The lowest BCUT2D eigenvalue weighted by Crippen LogP contribution is -2.42. The molecule has 1 aromatic carbocycles. The summed E-state index contributed by atoms with van der Waals surface area (Å²) in [4.78, 5) is 6.83. The summed E-state index contributed by atoms with van der Waals surface area (Å²) in [5, 5.41) is 2.85. The molecule has 0 radical (unpaired) electrons. The molecule has 2 aliphatic heterocycles. The normalized spacial score (nSPS) is 26.2. The molecule has 0 saturated carbocycles. The molecule has 2 heterocycles. The van der Waals surface area contributed by atoms with Crippen molar-refractivity contribution in [3.63, 3.8) is 0 Å². The summed E-state index contributed by atoms with van der Waals surface area (Å²) in [6.45, 7) is 3.35. The quantitative estimate of drug-likeness (QED) is 0.780. The molecule has 5 heteroatoms. The van der Waals surface area contributed by atoms with Gasteiger partial charge in [0.25, 0.3) is 0 Å². The van der Waals surface area contributed by atoms with Gasteiger partial charge in [-0.25, -0.2) is 4.99 Å². The highest BCUT2D eigenvalue weighted by Crippen LogP contribution is 2.24. The number of guanidine groups is 1. The number of benzene rings is 1. The van der Waals surface area contributed by atoms with Crippen LogP contribution in [0.15, 0.2) is 41.5 Å². The average Bonchev–Trinajstić information content (AvgIpc) is 2.48. The first-order chi connectivity index (χ1) is 10.2. The standard InChI is InChI=1S/C16H23N5/c17-15-19-8-7-16(18,20-15)14-6-4-5-13(11-14)12-21-9-2-1-3-10-21/h4-8,11H,1-3,9-10,12,18H2,(H3,17,19,20). The van der Waals surface area contributed by atoms with E-state index >= 15 is 0 Å². The Kier molecular flexibility index (Phi) is 3.94. The molecule has 1 atom stereocenters. The van der Waals surface area contributed by atoms with Crippen LogP contribution in [0.4, 0.5) is 0 Å². The van der Waals surface area contributed by atoms with Gasteiger partial charge in [0, 0.05) is 12.7 Å². The minimum atomic E-state index is -0.868. The summed E-state index contributed by atoms with van der Waals surface area (Å²) in [6.07, 6.45) is 7.54. The molecule has 0 amide bonds. The second-order valence-corrected chi connectivity index (χ2v) is 5.84. The van der Waals surface area contributed by atoms with Crippen LogP contribution in [0.3, 0.4) is 0 Å². The van der Waals surface area contributed by atoms with E-state index in [0.29, 0.717) is 5.96 Å². The maximum Gasteiger partial charge on any atom is 0.195 e. The van der Waals surface area contributed by atoms with Gasteiger partial charge in [0.05, 0.1) is 0 Å². The first-order valence-electron chi connectivity index (χ1n) is 7.56. The van der Waals surface area contributed by atoms with E-state index in [0.717, 1.165) is 12.1 Å². The van der Waals surface area contributed by atoms with Crippen LogP contribution in [0.25, 0.3) is 0 Å². The van der Waals surface area contributed by atoms with Crippen LogP contribution in [0.2, 0.25) is 0 Å². The fourth-order valence-electron chi connectivity index (χ4n) is 2.98. The smallest absolute Gasteiger partial charge is 0.195 e. The summed E-state index contributed by atoms with van der Waals surface area (Å²) >= 11 is 0. The van der Waals surface area contributed by atoms with E-state index in [9.17, 15) is 0 Å². The second-order valence-electron chi connectivity index (χ2n) is 5.84. The molecule has 5 nitrogen and oxygen atoms in total. The monoisotopic (exact) mass is 285 g/mol. The lowest BCUT2D eigenvalue weighted by atomic mass is 9.97. The van der Waals surface area contributed by atoms with Crippen LogP contribution < -0.4 is 16.8 Å². The van der Waals surface area contributed by atoms with Gasteiger partial charge in [-0.2, -0.15) is 0 Å². The van der Waals surface area contributed by atoms with E-state index in [1.807, 2.05) is 18.2 Å². The number of rotatable bonds is 3. The summed E-state index contributed by atoms with van der Waals surface area (Å²) < 4.78 is 0. The molecule has 1 saturated heterocycles. The number of aliphatic imine (C=N–C) groups is 1. The second kappa shape index (κ2) is 5.87. The fourth-order valence-corrected chi connectivity index (χ4v) is 2.98. The number of hydrogen-bond acceptors (Lipinski definition) is 5. The zero-order valence-electron chi connectivity index (χ0n) is 12.3. The van der Waals surface area contributed by atoms with Crippen LogP contribution in [0.1, 0.15) is 30.4 Å². The number of nitrogens with zero attached hydrogens (tertiary/aromatic N) is 2. The first kappa shape index (κ1) is 14.1. The number of piperidine rings is 1. The molecule has 1 unspecified atom stereocenters. The highest BCUT2D eigenvalue weighted by atomic mass is 15.2. The minimum Gasteiger partial charge on any atom is -0.370 e. The number of likely N-dealkylation sites (tertiary alicyclic amines) is 1. The number of nitrogens with two attached hydrogens (primary N) is 2. The molecule has 3 rings (SSSR count). The lowest BCUT2D eigenvalue weighted by Gasteiger charge is -2.28. The Bertz CT molecular complexity index is 560. The lowest BCUT2D eigenvalue weighted by molar-refractivity contribution is 0.221. The highest BCUT2D eigenvalue weighted by Gasteiger charge is 2.26. The van der Waals surface area contributed by atoms with Crippen LogP contribution in [0.5, 0.6) is 0 Å². The molecular weight excluding hydrogens is 262 g/mol. The number of hydrogen-bond donors (Lipinski definition) is 3. The van der Waals surface area contributed by atoms with E-state index in [1.54, 1.807) is 6.20 Å². The minimum absolute atomic E-state index is 0.349. The summed E-state index contributed by atoms with van der Waals surface area (Å²) in [5.74, 6) is 0.349. The Morgan fingerprint density at radius 1 is 1.24 bits per heavy atom. The van der Waals surface area contributed by atoms with Crippen molar-refractivity contribution in [1.29, 1.82) is 0 Å². The molecule has 0 spiro atoms. The Morgan fingerprint density at radius 3 is 2.81 bits per heavy atom. The Morgan fingerprint density at radius 2 is 2.05 bits per heavy atom. The Balaban J connectivity index is 1.79. The summed E-state index contributed by atoms with van der Waals surface area (Å²) in [6, 6.07) is 8.34. The maximum absolute atomic E-state index is 6.36. The van der Waals surface area contributed by atoms with Gasteiger partial charge in [-0.15, -0.1) is 0 Å². The van der Waals surface area contributed by atoms with Crippen molar-refractivity contribution in [3.8, 4) is 0 Å².